The van der Waals surface area contributed by atoms with E-state index in [4.69, 9.17) is 9.47 Å². The van der Waals surface area contributed by atoms with Crippen molar-refractivity contribution in [2.45, 2.75) is 18.4 Å². The number of nitrogens with zero attached hydrogens (tertiary/aromatic N) is 1. The van der Waals surface area contributed by atoms with Crippen molar-refractivity contribution in [2.24, 2.45) is 0 Å². The summed E-state index contributed by atoms with van der Waals surface area (Å²) in [5.41, 5.74) is 0.976. The second kappa shape index (κ2) is 8.85. The summed E-state index contributed by atoms with van der Waals surface area (Å²) in [5.74, 6) is -1.38. The highest BCUT2D eigenvalue weighted by Crippen LogP contribution is 2.30. The van der Waals surface area contributed by atoms with Crippen LogP contribution < -0.4 is 10.1 Å². The molecule has 0 bridgehead atoms. The molecular weight excluding hydrogens is 390 g/mol. The highest BCUT2D eigenvalue weighted by molar-refractivity contribution is 7.89. The van der Waals surface area contributed by atoms with Crippen molar-refractivity contribution in [3.05, 3.63) is 53.6 Å². The van der Waals surface area contributed by atoms with Gasteiger partial charge in [-0.05, 0) is 42.8 Å². The van der Waals surface area contributed by atoms with Crippen LogP contribution in [0.1, 0.15) is 12.5 Å². The number of halogens is 2. The fraction of sp³-hybridized carbons (Fsp3) is 0.368. The first-order valence-electron chi connectivity index (χ1n) is 8.94. The summed E-state index contributed by atoms with van der Waals surface area (Å²) in [6.07, 6.45) is 0. The van der Waals surface area contributed by atoms with Crippen LogP contribution in [0.4, 0.5) is 14.5 Å². The Morgan fingerprint density at radius 3 is 2.54 bits per heavy atom. The van der Waals surface area contributed by atoms with Crippen molar-refractivity contribution in [3.63, 3.8) is 0 Å². The summed E-state index contributed by atoms with van der Waals surface area (Å²) in [7, 11) is -3.66. The highest BCUT2D eigenvalue weighted by Gasteiger charge is 2.27. The van der Waals surface area contributed by atoms with Gasteiger partial charge in [0.05, 0.1) is 30.4 Å². The number of nitrogens with one attached hydrogen (secondary N) is 1. The molecule has 1 aliphatic heterocycles. The summed E-state index contributed by atoms with van der Waals surface area (Å²) in [6.45, 7) is 3.71. The average molecular weight is 412 g/mol. The van der Waals surface area contributed by atoms with E-state index in [1.54, 1.807) is 6.07 Å². The Morgan fingerprint density at radius 2 is 1.86 bits per heavy atom. The van der Waals surface area contributed by atoms with Crippen LogP contribution in [-0.4, -0.2) is 45.6 Å². The molecule has 1 fully saturated rings. The zero-order chi connectivity index (χ0) is 20.1. The van der Waals surface area contributed by atoms with Gasteiger partial charge in [0, 0.05) is 19.6 Å². The number of anilines is 1. The molecule has 1 heterocycles. The Balaban J connectivity index is 1.85. The molecule has 152 valence electrons. The smallest absolute Gasteiger partial charge is 0.243 e. The number of rotatable bonds is 7. The molecule has 6 nitrogen and oxygen atoms in total. The van der Waals surface area contributed by atoms with Crippen LogP contribution in [0, 0.1) is 11.6 Å². The first-order chi connectivity index (χ1) is 13.4. The Morgan fingerprint density at radius 1 is 1.11 bits per heavy atom. The van der Waals surface area contributed by atoms with E-state index in [0.29, 0.717) is 49.9 Å². The van der Waals surface area contributed by atoms with Gasteiger partial charge in [-0.2, -0.15) is 4.31 Å². The second-order valence-corrected chi connectivity index (χ2v) is 8.15. The molecule has 28 heavy (non-hydrogen) atoms. The number of ether oxygens (including phenoxy) is 2. The van der Waals surface area contributed by atoms with Crippen LogP contribution in [0.25, 0.3) is 0 Å². The van der Waals surface area contributed by atoms with E-state index in [-0.39, 0.29) is 11.4 Å². The number of sulfonamides is 1. The zero-order valence-electron chi connectivity index (χ0n) is 15.5. The van der Waals surface area contributed by atoms with Gasteiger partial charge in [0.1, 0.15) is 5.75 Å². The third-order valence-electron chi connectivity index (χ3n) is 4.33. The van der Waals surface area contributed by atoms with Crippen LogP contribution >= 0.6 is 0 Å². The molecule has 0 amide bonds. The molecule has 9 heteroatoms. The van der Waals surface area contributed by atoms with Gasteiger partial charge in [-0.25, -0.2) is 17.2 Å². The molecule has 0 saturated carbocycles. The molecule has 0 spiro atoms. The molecular formula is C19H22F2N2O4S. The molecule has 2 aromatic carbocycles. The minimum Gasteiger partial charge on any atom is -0.492 e. The summed E-state index contributed by atoms with van der Waals surface area (Å²) in [5, 5.41) is 3.05. The van der Waals surface area contributed by atoms with E-state index < -0.39 is 21.7 Å². The van der Waals surface area contributed by atoms with E-state index in [2.05, 4.69) is 5.32 Å². The predicted octanol–water partition coefficient (Wildman–Crippen LogP) is 3.00. The topological polar surface area (TPSA) is 67.9 Å². The Bertz CT molecular complexity index is 932. The molecule has 3 rings (SSSR count). The first-order valence-corrected chi connectivity index (χ1v) is 10.4. The second-order valence-electron chi connectivity index (χ2n) is 6.21. The van der Waals surface area contributed by atoms with Crippen molar-refractivity contribution < 1.29 is 26.7 Å². The molecule has 2 aromatic rings. The minimum absolute atomic E-state index is 0.130. The van der Waals surface area contributed by atoms with Crippen molar-refractivity contribution in [3.8, 4) is 5.75 Å². The van der Waals surface area contributed by atoms with Gasteiger partial charge in [-0.15, -0.1) is 0 Å². The van der Waals surface area contributed by atoms with Crippen LogP contribution in [0.3, 0.4) is 0 Å². The molecule has 0 aromatic heterocycles. The molecule has 1 N–H and O–H groups in total. The zero-order valence-corrected chi connectivity index (χ0v) is 16.3. The third-order valence-corrected chi connectivity index (χ3v) is 6.22. The lowest BCUT2D eigenvalue weighted by Crippen LogP contribution is -2.40. The van der Waals surface area contributed by atoms with E-state index in [9.17, 15) is 17.2 Å². The van der Waals surface area contributed by atoms with Gasteiger partial charge in [0.25, 0.3) is 0 Å². The number of hydrogen-bond acceptors (Lipinski definition) is 5. The predicted molar refractivity (Wildman–Crippen MR) is 101 cm³/mol. The summed E-state index contributed by atoms with van der Waals surface area (Å²) in [6, 6.07) is 8.19. The fourth-order valence-corrected chi connectivity index (χ4v) is 4.31. The van der Waals surface area contributed by atoms with Gasteiger partial charge >= 0.3 is 0 Å². The molecule has 0 unspecified atom stereocenters. The van der Waals surface area contributed by atoms with Crippen LogP contribution in [0.15, 0.2) is 41.3 Å². The first kappa shape index (κ1) is 20.5. The minimum atomic E-state index is -3.66. The molecule has 1 aliphatic rings. The SMILES string of the molecule is CCOc1ccc(S(=O)(=O)N2CCOCC2)cc1NCc1ccc(F)c(F)c1. The largest absolute Gasteiger partial charge is 0.492 e. The van der Waals surface area contributed by atoms with E-state index in [0.717, 1.165) is 12.1 Å². The summed E-state index contributed by atoms with van der Waals surface area (Å²) < 4.78 is 64.4. The Hall–Kier alpha value is -2.23. The lowest BCUT2D eigenvalue weighted by atomic mass is 10.2. The molecule has 0 aliphatic carbocycles. The van der Waals surface area contributed by atoms with E-state index in [1.807, 2.05) is 6.92 Å². The van der Waals surface area contributed by atoms with Crippen molar-refractivity contribution in [1.82, 2.24) is 4.31 Å². The fourth-order valence-electron chi connectivity index (χ4n) is 2.87. The van der Waals surface area contributed by atoms with Crippen molar-refractivity contribution >= 4 is 15.7 Å². The Kier molecular flexibility index (Phi) is 6.48. The van der Waals surface area contributed by atoms with Gasteiger partial charge < -0.3 is 14.8 Å². The lowest BCUT2D eigenvalue weighted by molar-refractivity contribution is 0.0730. The van der Waals surface area contributed by atoms with Crippen LogP contribution in [-0.2, 0) is 21.3 Å². The molecule has 0 radical (unpaired) electrons. The lowest BCUT2D eigenvalue weighted by Gasteiger charge is -2.26. The average Bonchev–Trinajstić information content (AvgIpc) is 2.70. The standard InChI is InChI=1S/C19H22F2N2O4S/c1-2-27-19-6-4-15(28(24,25)23-7-9-26-10-8-23)12-18(19)22-13-14-3-5-16(20)17(21)11-14/h3-6,11-12,22H,2,7-10,13H2,1H3. The van der Waals surface area contributed by atoms with Crippen LogP contribution in [0.5, 0.6) is 5.75 Å². The number of benzene rings is 2. The maximum Gasteiger partial charge on any atom is 0.243 e. The third kappa shape index (κ3) is 4.60. The molecule has 1 saturated heterocycles. The Labute approximate surface area is 163 Å². The van der Waals surface area contributed by atoms with Gasteiger partial charge in [-0.1, -0.05) is 6.07 Å². The summed E-state index contributed by atoms with van der Waals surface area (Å²) in [4.78, 5) is 0.130. The molecule has 0 atom stereocenters. The quantitative estimate of drug-likeness (QED) is 0.757. The maximum absolute atomic E-state index is 13.4. The van der Waals surface area contributed by atoms with Gasteiger partial charge in [-0.3, -0.25) is 0 Å². The maximum atomic E-state index is 13.4. The number of hydrogen-bond donors (Lipinski definition) is 1. The van der Waals surface area contributed by atoms with E-state index in [1.165, 1.54) is 22.5 Å². The van der Waals surface area contributed by atoms with Gasteiger partial charge in [0.2, 0.25) is 10.0 Å². The van der Waals surface area contributed by atoms with Crippen molar-refractivity contribution in [2.75, 3.05) is 38.2 Å². The van der Waals surface area contributed by atoms with E-state index >= 15 is 0 Å². The number of morpholine rings is 1. The van der Waals surface area contributed by atoms with Gasteiger partial charge in [0.15, 0.2) is 11.6 Å². The van der Waals surface area contributed by atoms with Crippen LogP contribution in [0.2, 0.25) is 0 Å². The normalized spacial score (nSPS) is 15.4. The summed E-state index contributed by atoms with van der Waals surface area (Å²) >= 11 is 0. The highest BCUT2D eigenvalue weighted by atomic mass is 32.2. The van der Waals surface area contributed by atoms with Crippen molar-refractivity contribution in [1.29, 1.82) is 0 Å². The monoisotopic (exact) mass is 412 g/mol.